The topological polar surface area (TPSA) is 32.5 Å². The molecule has 1 heterocycles. The zero-order valence-electron chi connectivity index (χ0n) is 13.3. The highest BCUT2D eigenvalue weighted by molar-refractivity contribution is 5.54. The van der Waals surface area contributed by atoms with Crippen molar-refractivity contribution in [3.8, 4) is 0 Å². The van der Waals surface area contributed by atoms with Crippen molar-refractivity contribution in [2.75, 3.05) is 37.6 Å². The van der Waals surface area contributed by atoms with Crippen molar-refractivity contribution in [1.82, 2.24) is 4.90 Å². The number of anilines is 1. The number of nitrogens with zero attached hydrogens (tertiary/aromatic N) is 2. The standard InChI is InChI=1S/C17H28FN3/c1-3-7-20-8-10-21(11-9-20)17-6-5-15(18)12-14(17)13-16(19)4-2/h5-6,12,16H,3-4,7-11,13,19H2,1-2H3. The molecule has 0 amide bonds. The number of nitrogens with two attached hydrogens (primary N) is 1. The highest BCUT2D eigenvalue weighted by atomic mass is 19.1. The summed E-state index contributed by atoms with van der Waals surface area (Å²) in [5.41, 5.74) is 8.28. The first kappa shape index (κ1) is 16.2. The summed E-state index contributed by atoms with van der Waals surface area (Å²) < 4.78 is 13.6. The second-order valence-electron chi connectivity index (χ2n) is 5.97. The summed E-state index contributed by atoms with van der Waals surface area (Å²) in [5, 5.41) is 0. The Balaban J connectivity index is 2.09. The van der Waals surface area contributed by atoms with Crippen molar-refractivity contribution in [2.24, 2.45) is 5.73 Å². The Morgan fingerprint density at radius 2 is 1.90 bits per heavy atom. The van der Waals surface area contributed by atoms with E-state index >= 15 is 0 Å². The van der Waals surface area contributed by atoms with Gasteiger partial charge < -0.3 is 10.6 Å². The van der Waals surface area contributed by atoms with Gasteiger partial charge in [-0.1, -0.05) is 13.8 Å². The number of halogens is 1. The molecule has 2 N–H and O–H groups in total. The van der Waals surface area contributed by atoms with Crippen LogP contribution in [0.15, 0.2) is 18.2 Å². The van der Waals surface area contributed by atoms with Crippen LogP contribution in [-0.4, -0.2) is 43.7 Å². The van der Waals surface area contributed by atoms with E-state index in [1.165, 1.54) is 13.0 Å². The van der Waals surface area contributed by atoms with E-state index in [4.69, 9.17) is 5.73 Å². The van der Waals surface area contributed by atoms with Gasteiger partial charge in [-0.05, 0) is 49.6 Å². The first-order valence-corrected chi connectivity index (χ1v) is 8.15. The van der Waals surface area contributed by atoms with Crippen LogP contribution in [0, 0.1) is 5.82 Å². The summed E-state index contributed by atoms with van der Waals surface area (Å²) in [6.07, 6.45) is 2.87. The van der Waals surface area contributed by atoms with Gasteiger partial charge in [0.15, 0.2) is 0 Å². The molecule has 0 radical (unpaired) electrons. The molecule has 1 aromatic carbocycles. The van der Waals surface area contributed by atoms with Gasteiger partial charge in [0.05, 0.1) is 0 Å². The second kappa shape index (κ2) is 7.76. The molecule has 1 saturated heterocycles. The molecule has 0 spiro atoms. The maximum Gasteiger partial charge on any atom is 0.123 e. The fourth-order valence-electron chi connectivity index (χ4n) is 2.98. The second-order valence-corrected chi connectivity index (χ2v) is 5.97. The summed E-state index contributed by atoms with van der Waals surface area (Å²) in [6, 6.07) is 5.24. The molecule has 0 saturated carbocycles. The molecule has 1 aliphatic rings. The van der Waals surface area contributed by atoms with Gasteiger partial charge in [0.25, 0.3) is 0 Å². The summed E-state index contributed by atoms with van der Waals surface area (Å²) in [5.74, 6) is -0.165. The Kier molecular flexibility index (Phi) is 6.00. The van der Waals surface area contributed by atoms with Crippen molar-refractivity contribution in [1.29, 1.82) is 0 Å². The van der Waals surface area contributed by atoms with E-state index in [0.29, 0.717) is 0 Å². The summed E-state index contributed by atoms with van der Waals surface area (Å²) in [4.78, 5) is 4.88. The van der Waals surface area contributed by atoms with Crippen LogP contribution in [0.4, 0.5) is 10.1 Å². The molecule has 1 fully saturated rings. The molecule has 3 nitrogen and oxygen atoms in total. The van der Waals surface area contributed by atoms with Gasteiger partial charge in [-0.2, -0.15) is 0 Å². The van der Waals surface area contributed by atoms with Gasteiger partial charge in [0, 0.05) is 37.9 Å². The third-order valence-corrected chi connectivity index (χ3v) is 4.30. The number of hydrogen-bond donors (Lipinski definition) is 1. The van der Waals surface area contributed by atoms with E-state index in [1.807, 2.05) is 6.07 Å². The molecule has 0 bridgehead atoms. The van der Waals surface area contributed by atoms with Gasteiger partial charge in [0.1, 0.15) is 5.82 Å². The van der Waals surface area contributed by atoms with Crippen LogP contribution in [0.25, 0.3) is 0 Å². The third-order valence-electron chi connectivity index (χ3n) is 4.30. The van der Waals surface area contributed by atoms with E-state index < -0.39 is 0 Å². The molecule has 0 aliphatic carbocycles. The van der Waals surface area contributed by atoms with E-state index in [9.17, 15) is 4.39 Å². The molecule has 4 heteroatoms. The van der Waals surface area contributed by atoms with Crippen LogP contribution in [0.2, 0.25) is 0 Å². The lowest BCUT2D eigenvalue weighted by atomic mass is 10.0. The average Bonchev–Trinajstić information content (AvgIpc) is 2.49. The van der Waals surface area contributed by atoms with Crippen LogP contribution in [-0.2, 0) is 6.42 Å². The highest BCUT2D eigenvalue weighted by Gasteiger charge is 2.19. The molecule has 2 rings (SSSR count). The average molecular weight is 293 g/mol. The normalized spacial score (nSPS) is 18.0. The molecule has 0 aromatic heterocycles. The maximum absolute atomic E-state index is 13.6. The predicted octanol–water partition coefficient (Wildman–Crippen LogP) is 2.64. The summed E-state index contributed by atoms with van der Waals surface area (Å²) >= 11 is 0. The minimum absolute atomic E-state index is 0.104. The number of hydrogen-bond acceptors (Lipinski definition) is 3. The fourth-order valence-corrected chi connectivity index (χ4v) is 2.98. The van der Waals surface area contributed by atoms with Crippen LogP contribution in [0.1, 0.15) is 32.3 Å². The lowest BCUT2D eigenvalue weighted by Crippen LogP contribution is -2.47. The summed E-state index contributed by atoms with van der Waals surface area (Å²) in [7, 11) is 0. The molecular weight excluding hydrogens is 265 g/mol. The van der Waals surface area contributed by atoms with Crippen molar-refractivity contribution >= 4 is 5.69 Å². The van der Waals surface area contributed by atoms with Crippen LogP contribution in [0.5, 0.6) is 0 Å². The Morgan fingerprint density at radius 1 is 1.19 bits per heavy atom. The maximum atomic E-state index is 13.6. The molecule has 1 unspecified atom stereocenters. The molecule has 1 atom stereocenters. The molecule has 1 aromatic rings. The SMILES string of the molecule is CCCN1CCN(c2ccc(F)cc2CC(N)CC)CC1. The Labute approximate surface area is 127 Å². The van der Waals surface area contributed by atoms with Gasteiger partial charge in [0.2, 0.25) is 0 Å². The molecular formula is C17H28FN3. The minimum atomic E-state index is -0.165. The monoisotopic (exact) mass is 293 g/mol. The van der Waals surface area contributed by atoms with Gasteiger partial charge in [-0.3, -0.25) is 4.90 Å². The van der Waals surface area contributed by atoms with E-state index in [1.54, 1.807) is 12.1 Å². The van der Waals surface area contributed by atoms with E-state index in [0.717, 1.165) is 50.3 Å². The van der Waals surface area contributed by atoms with Crippen molar-refractivity contribution in [3.63, 3.8) is 0 Å². The molecule has 118 valence electrons. The fraction of sp³-hybridized carbons (Fsp3) is 0.647. The van der Waals surface area contributed by atoms with E-state index in [-0.39, 0.29) is 11.9 Å². The first-order valence-electron chi connectivity index (χ1n) is 8.15. The lowest BCUT2D eigenvalue weighted by molar-refractivity contribution is 0.258. The van der Waals surface area contributed by atoms with Crippen LogP contribution in [0.3, 0.4) is 0 Å². The highest BCUT2D eigenvalue weighted by Crippen LogP contribution is 2.24. The Morgan fingerprint density at radius 3 is 2.52 bits per heavy atom. The zero-order valence-corrected chi connectivity index (χ0v) is 13.3. The largest absolute Gasteiger partial charge is 0.369 e. The smallest absolute Gasteiger partial charge is 0.123 e. The molecule has 21 heavy (non-hydrogen) atoms. The molecule has 1 aliphatic heterocycles. The summed E-state index contributed by atoms with van der Waals surface area (Å²) in [6.45, 7) is 9.67. The predicted molar refractivity (Wildman–Crippen MR) is 87.3 cm³/mol. The zero-order chi connectivity index (χ0) is 15.2. The third kappa shape index (κ3) is 4.42. The van der Waals surface area contributed by atoms with Crippen LogP contribution < -0.4 is 10.6 Å². The van der Waals surface area contributed by atoms with E-state index in [2.05, 4.69) is 23.6 Å². The van der Waals surface area contributed by atoms with Gasteiger partial charge >= 0.3 is 0 Å². The number of piperazine rings is 1. The van der Waals surface area contributed by atoms with Gasteiger partial charge in [-0.15, -0.1) is 0 Å². The Hall–Kier alpha value is -1.13. The van der Waals surface area contributed by atoms with Gasteiger partial charge in [-0.25, -0.2) is 4.39 Å². The number of rotatable bonds is 6. The van der Waals surface area contributed by atoms with Crippen LogP contribution >= 0.6 is 0 Å². The minimum Gasteiger partial charge on any atom is -0.369 e. The quantitative estimate of drug-likeness (QED) is 0.875. The van der Waals surface area contributed by atoms with Crippen molar-refractivity contribution < 1.29 is 4.39 Å². The lowest BCUT2D eigenvalue weighted by Gasteiger charge is -2.37. The number of benzene rings is 1. The van der Waals surface area contributed by atoms with Crippen molar-refractivity contribution in [3.05, 3.63) is 29.6 Å². The first-order chi connectivity index (χ1) is 10.1. The Bertz CT molecular complexity index is 442. The van der Waals surface area contributed by atoms with Crippen molar-refractivity contribution in [2.45, 2.75) is 39.2 Å².